The van der Waals surface area contributed by atoms with E-state index in [0.717, 1.165) is 12.0 Å². The maximum Gasteiger partial charge on any atom is 0.0947 e. The number of rotatable bonds is 6. The lowest BCUT2D eigenvalue weighted by Crippen LogP contribution is -2.16. The molecule has 76 valence electrons. The van der Waals surface area contributed by atoms with Gasteiger partial charge >= 0.3 is 0 Å². The monoisotopic (exact) mass is 191 g/mol. The van der Waals surface area contributed by atoms with Gasteiger partial charge in [-0.2, -0.15) is 0 Å². The smallest absolute Gasteiger partial charge is 0.0947 e. The van der Waals surface area contributed by atoms with Crippen LogP contribution in [0.3, 0.4) is 0 Å². The Morgan fingerprint density at radius 3 is 2.64 bits per heavy atom. The summed E-state index contributed by atoms with van der Waals surface area (Å²) in [5, 5.41) is 0. The second-order valence-corrected chi connectivity index (χ2v) is 3.08. The normalized spacial score (nSPS) is 12.4. The van der Waals surface area contributed by atoms with Crippen LogP contribution in [-0.2, 0) is 4.74 Å². The first-order valence-corrected chi connectivity index (χ1v) is 4.86. The van der Waals surface area contributed by atoms with Gasteiger partial charge in [-0.15, -0.1) is 6.58 Å². The van der Waals surface area contributed by atoms with E-state index in [4.69, 9.17) is 10.5 Å². The van der Waals surface area contributed by atoms with E-state index >= 15 is 0 Å². The molecule has 0 saturated carbocycles. The molecule has 0 aliphatic carbocycles. The molecule has 0 spiro atoms. The molecule has 0 aromatic heterocycles. The summed E-state index contributed by atoms with van der Waals surface area (Å²) in [4.78, 5) is 0. The molecule has 0 saturated heterocycles. The van der Waals surface area contributed by atoms with Crippen molar-refractivity contribution in [2.24, 2.45) is 5.73 Å². The van der Waals surface area contributed by atoms with E-state index in [2.05, 4.69) is 6.58 Å². The van der Waals surface area contributed by atoms with Crippen LogP contribution in [0.4, 0.5) is 0 Å². The predicted molar refractivity (Wildman–Crippen MR) is 59.0 cm³/mol. The van der Waals surface area contributed by atoms with Crippen LogP contribution in [0.15, 0.2) is 43.0 Å². The number of benzene rings is 1. The van der Waals surface area contributed by atoms with Crippen molar-refractivity contribution in [3.05, 3.63) is 48.6 Å². The van der Waals surface area contributed by atoms with Crippen molar-refractivity contribution in [2.45, 2.75) is 12.5 Å². The molecule has 1 aromatic rings. The summed E-state index contributed by atoms with van der Waals surface area (Å²) in [5.41, 5.74) is 6.77. The molecule has 0 heterocycles. The van der Waals surface area contributed by atoms with Crippen LogP contribution < -0.4 is 5.73 Å². The zero-order valence-corrected chi connectivity index (χ0v) is 8.36. The lowest BCUT2D eigenvalue weighted by molar-refractivity contribution is 0.0621. The van der Waals surface area contributed by atoms with E-state index in [1.807, 2.05) is 36.4 Å². The molecule has 14 heavy (non-hydrogen) atoms. The van der Waals surface area contributed by atoms with Crippen molar-refractivity contribution >= 4 is 0 Å². The van der Waals surface area contributed by atoms with Gasteiger partial charge in [-0.1, -0.05) is 36.4 Å². The molecule has 1 unspecified atom stereocenters. The Bertz CT molecular complexity index is 258. The van der Waals surface area contributed by atoms with Gasteiger partial charge in [0, 0.05) is 6.54 Å². The fourth-order valence-electron chi connectivity index (χ4n) is 1.26. The summed E-state index contributed by atoms with van der Waals surface area (Å²) in [6, 6.07) is 10.0. The first-order chi connectivity index (χ1) is 6.88. The molecular formula is C12H17NO. The first kappa shape index (κ1) is 11.0. The van der Waals surface area contributed by atoms with Crippen LogP contribution in [-0.4, -0.2) is 13.2 Å². The van der Waals surface area contributed by atoms with E-state index in [1.54, 1.807) is 0 Å². The first-order valence-electron chi connectivity index (χ1n) is 4.86. The van der Waals surface area contributed by atoms with Gasteiger partial charge in [0.15, 0.2) is 0 Å². The van der Waals surface area contributed by atoms with E-state index in [0.29, 0.717) is 13.2 Å². The second kappa shape index (κ2) is 6.35. The third-order valence-corrected chi connectivity index (χ3v) is 2.03. The molecule has 0 bridgehead atoms. The minimum atomic E-state index is 0.0103. The molecule has 0 fully saturated rings. The van der Waals surface area contributed by atoms with Crippen LogP contribution in [0.5, 0.6) is 0 Å². The molecule has 0 aliphatic heterocycles. The summed E-state index contributed by atoms with van der Waals surface area (Å²) >= 11 is 0. The Labute approximate surface area is 85.4 Å². The highest BCUT2D eigenvalue weighted by Crippen LogP contribution is 2.15. The van der Waals surface area contributed by atoms with Crippen molar-refractivity contribution in [3.63, 3.8) is 0 Å². The van der Waals surface area contributed by atoms with Crippen molar-refractivity contribution in [3.8, 4) is 0 Å². The van der Waals surface area contributed by atoms with Crippen molar-refractivity contribution in [1.82, 2.24) is 0 Å². The Balaban J connectivity index is 2.50. The van der Waals surface area contributed by atoms with E-state index in [-0.39, 0.29) is 6.10 Å². The highest BCUT2D eigenvalue weighted by Gasteiger charge is 2.07. The number of hydrogen-bond donors (Lipinski definition) is 1. The topological polar surface area (TPSA) is 35.2 Å². The molecule has 2 nitrogen and oxygen atoms in total. The van der Waals surface area contributed by atoms with E-state index < -0.39 is 0 Å². The van der Waals surface area contributed by atoms with Crippen LogP contribution in [0, 0.1) is 0 Å². The van der Waals surface area contributed by atoms with Gasteiger partial charge in [-0.05, 0) is 12.0 Å². The summed E-state index contributed by atoms with van der Waals surface area (Å²) in [7, 11) is 0. The second-order valence-electron chi connectivity index (χ2n) is 3.08. The molecule has 2 heteroatoms. The van der Waals surface area contributed by atoms with Crippen molar-refractivity contribution < 1.29 is 4.74 Å². The maximum absolute atomic E-state index is 5.64. The van der Waals surface area contributed by atoms with Gasteiger partial charge in [0.1, 0.15) is 0 Å². The molecule has 1 aromatic carbocycles. The van der Waals surface area contributed by atoms with Gasteiger partial charge in [-0.3, -0.25) is 0 Å². The van der Waals surface area contributed by atoms with Crippen LogP contribution in [0.2, 0.25) is 0 Å². The highest BCUT2D eigenvalue weighted by atomic mass is 16.5. The number of nitrogens with two attached hydrogens (primary N) is 1. The Morgan fingerprint density at radius 1 is 1.36 bits per heavy atom. The van der Waals surface area contributed by atoms with Crippen LogP contribution >= 0.6 is 0 Å². The molecule has 1 atom stereocenters. The summed E-state index contributed by atoms with van der Waals surface area (Å²) in [6.45, 7) is 4.84. The van der Waals surface area contributed by atoms with Gasteiger partial charge in [0.2, 0.25) is 0 Å². The van der Waals surface area contributed by atoms with Gasteiger partial charge in [0.25, 0.3) is 0 Å². The molecule has 0 aliphatic rings. The molecular weight excluding hydrogens is 174 g/mol. The van der Waals surface area contributed by atoms with Gasteiger partial charge < -0.3 is 10.5 Å². The third kappa shape index (κ3) is 3.32. The predicted octanol–water partition coefficient (Wildman–Crippen LogP) is 2.28. The average molecular weight is 191 g/mol. The van der Waals surface area contributed by atoms with Gasteiger partial charge in [0.05, 0.1) is 12.7 Å². The van der Waals surface area contributed by atoms with Crippen LogP contribution in [0.25, 0.3) is 0 Å². The third-order valence-electron chi connectivity index (χ3n) is 2.03. The van der Waals surface area contributed by atoms with E-state index in [9.17, 15) is 0 Å². The standard InChI is InChI=1S/C12H17NO/c1-2-3-9-14-12(10-13)11-7-5-4-6-8-11/h2,4-8,12H,1,3,9-10,13H2. The fourth-order valence-corrected chi connectivity index (χ4v) is 1.26. The lowest BCUT2D eigenvalue weighted by Gasteiger charge is -2.15. The molecule has 1 rings (SSSR count). The maximum atomic E-state index is 5.64. The average Bonchev–Trinajstić information content (AvgIpc) is 2.26. The Kier molecular flexibility index (Phi) is 4.97. The summed E-state index contributed by atoms with van der Waals surface area (Å²) in [6.07, 6.45) is 2.72. The lowest BCUT2D eigenvalue weighted by atomic mass is 10.1. The minimum Gasteiger partial charge on any atom is -0.372 e. The fraction of sp³-hybridized carbons (Fsp3) is 0.333. The van der Waals surface area contributed by atoms with Crippen molar-refractivity contribution in [2.75, 3.05) is 13.2 Å². The van der Waals surface area contributed by atoms with Gasteiger partial charge in [-0.25, -0.2) is 0 Å². The molecule has 2 N–H and O–H groups in total. The SMILES string of the molecule is C=CCCOC(CN)c1ccccc1. The molecule has 0 amide bonds. The minimum absolute atomic E-state index is 0.0103. The molecule has 0 radical (unpaired) electrons. The highest BCUT2D eigenvalue weighted by molar-refractivity contribution is 5.17. The zero-order valence-electron chi connectivity index (χ0n) is 8.36. The largest absolute Gasteiger partial charge is 0.372 e. The summed E-state index contributed by atoms with van der Waals surface area (Å²) in [5.74, 6) is 0. The van der Waals surface area contributed by atoms with Crippen LogP contribution in [0.1, 0.15) is 18.1 Å². The quantitative estimate of drug-likeness (QED) is 0.553. The Morgan fingerprint density at radius 2 is 2.07 bits per heavy atom. The number of hydrogen-bond acceptors (Lipinski definition) is 2. The summed E-state index contributed by atoms with van der Waals surface area (Å²) < 4.78 is 5.62. The zero-order chi connectivity index (χ0) is 10.2. The number of ether oxygens (including phenoxy) is 1. The van der Waals surface area contributed by atoms with E-state index in [1.165, 1.54) is 0 Å². The Hall–Kier alpha value is -1.12. The van der Waals surface area contributed by atoms with Crippen molar-refractivity contribution in [1.29, 1.82) is 0 Å².